The van der Waals surface area contributed by atoms with Gasteiger partial charge in [0.05, 0.1) is 12.3 Å². The molecule has 0 spiro atoms. The zero-order valence-electron chi connectivity index (χ0n) is 17.4. The highest BCUT2D eigenvalue weighted by atomic mass is 127. The first-order valence-electron chi connectivity index (χ1n) is 10.7. The first-order valence-corrected chi connectivity index (χ1v) is 10.7. The molecule has 3 heterocycles. The molecule has 1 aliphatic carbocycles. The lowest BCUT2D eigenvalue weighted by atomic mass is 9.86. The standard InChI is InChI=1S/C21H32N6O.HI/c1-15-7-3-4-9-18(15)24-21(22-12-11-17-8-6-14-28-17)25-19-10-5-13-27-20(19)23-16(2)26-27;/h6,8,14-15,18-19H,3-5,7,9-13H2,1-2H3,(H2,22,24,25);1H. The molecule has 3 unspecified atom stereocenters. The van der Waals surface area contributed by atoms with Crippen LogP contribution in [0.15, 0.2) is 27.8 Å². The van der Waals surface area contributed by atoms with E-state index in [2.05, 4.69) is 27.6 Å². The molecular formula is C21H33IN6O. The van der Waals surface area contributed by atoms with Crippen molar-refractivity contribution in [3.63, 3.8) is 0 Å². The van der Waals surface area contributed by atoms with Crippen molar-refractivity contribution < 1.29 is 4.42 Å². The molecule has 0 radical (unpaired) electrons. The average molecular weight is 512 g/mol. The van der Waals surface area contributed by atoms with Crippen molar-refractivity contribution in [2.45, 2.75) is 77.4 Å². The SMILES string of the molecule is Cc1nc2n(n1)CCCC2NC(=NCCc1ccco1)NC1CCCCC1C.I. The molecule has 2 N–H and O–H groups in total. The summed E-state index contributed by atoms with van der Waals surface area (Å²) in [7, 11) is 0. The van der Waals surface area contributed by atoms with Crippen molar-refractivity contribution in [3.8, 4) is 0 Å². The van der Waals surface area contributed by atoms with Crippen LogP contribution in [0, 0.1) is 12.8 Å². The predicted molar refractivity (Wildman–Crippen MR) is 125 cm³/mol. The minimum Gasteiger partial charge on any atom is -0.469 e. The van der Waals surface area contributed by atoms with E-state index in [-0.39, 0.29) is 30.0 Å². The monoisotopic (exact) mass is 512 g/mol. The number of aromatic nitrogens is 3. The van der Waals surface area contributed by atoms with Crippen LogP contribution in [0.5, 0.6) is 0 Å². The average Bonchev–Trinajstić information content (AvgIpc) is 3.32. The summed E-state index contributed by atoms with van der Waals surface area (Å²) in [5, 5.41) is 11.9. The molecule has 1 aliphatic heterocycles. The molecule has 0 amide bonds. The Morgan fingerprint density at radius 1 is 1.24 bits per heavy atom. The summed E-state index contributed by atoms with van der Waals surface area (Å²) < 4.78 is 7.49. The highest BCUT2D eigenvalue weighted by Crippen LogP contribution is 2.25. The molecule has 7 nitrogen and oxygen atoms in total. The topological polar surface area (TPSA) is 80.3 Å². The van der Waals surface area contributed by atoms with Crippen LogP contribution in [-0.2, 0) is 13.0 Å². The van der Waals surface area contributed by atoms with E-state index in [1.165, 1.54) is 25.7 Å². The fourth-order valence-electron chi connectivity index (χ4n) is 4.34. The number of nitrogens with one attached hydrogen (secondary N) is 2. The molecule has 4 rings (SSSR count). The third-order valence-electron chi connectivity index (χ3n) is 5.93. The van der Waals surface area contributed by atoms with Crippen molar-refractivity contribution in [1.82, 2.24) is 25.4 Å². The van der Waals surface area contributed by atoms with Gasteiger partial charge in [-0.05, 0) is 50.7 Å². The van der Waals surface area contributed by atoms with Gasteiger partial charge >= 0.3 is 0 Å². The number of hydrogen-bond donors (Lipinski definition) is 2. The molecule has 0 bridgehead atoms. The fraction of sp³-hybridized carbons (Fsp3) is 0.667. The molecule has 2 aromatic heterocycles. The number of halogens is 1. The van der Waals surface area contributed by atoms with E-state index in [1.54, 1.807) is 6.26 Å². The van der Waals surface area contributed by atoms with E-state index in [4.69, 9.17) is 9.41 Å². The van der Waals surface area contributed by atoms with Gasteiger partial charge in [0.25, 0.3) is 0 Å². The first-order chi connectivity index (χ1) is 13.7. The summed E-state index contributed by atoms with van der Waals surface area (Å²) in [6.45, 7) is 5.95. The van der Waals surface area contributed by atoms with Gasteiger partial charge in [-0.25, -0.2) is 9.67 Å². The molecule has 29 heavy (non-hydrogen) atoms. The molecule has 3 atom stereocenters. The molecule has 160 valence electrons. The molecule has 8 heteroatoms. The van der Waals surface area contributed by atoms with Crippen LogP contribution in [0.4, 0.5) is 0 Å². The maximum Gasteiger partial charge on any atom is 0.192 e. The van der Waals surface area contributed by atoms with Crippen LogP contribution >= 0.6 is 24.0 Å². The van der Waals surface area contributed by atoms with E-state index in [1.807, 2.05) is 23.7 Å². The van der Waals surface area contributed by atoms with Crippen LogP contribution < -0.4 is 10.6 Å². The Labute approximate surface area is 190 Å². The Balaban J connectivity index is 0.00000240. The van der Waals surface area contributed by atoms with Gasteiger partial charge in [0.2, 0.25) is 0 Å². The highest BCUT2D eigenvalue weighted by Gasteiger charge is 2.27. The van der Waals surface area contributed by atoms with Gasteiger partial charge in [0.15, 0.2) is 5.96 Å². The maximum atomic E-state index is 5.45. The van der Waals surface area contributed by atoms with Crippen LogP contribution in [-0.4, -0.2) is 33.3 Å². The molecular weight excluding hydrogens is 479 g/mol. The summed E-state index contributed by atoms with van der Waals surface area (Å²) in [6.07, 6.45) is 9.80. The molecule has 0 aromatic carbocycles. The van der Waals surface area contributed by atoms with Crippen LogP contribution in [0.3, 0.4) is 0 Å². The number of aliphatic imine (C=N–C) groups is 1. The number of furan rings is 1. The van der Waals surface area contributed by atoms with E-state index < -0.39 is 0 Å². The summed E-state index contributed by atoms with van der Waals surface area (Å²) >= 11 is 0. The Hall–Kier alpha value is -1.58. The molecule has 1 saturated carbocycles. The Morgan fingerprint density at radius 2 is 2.10 bits per heavy atom. The zero-order chi connectivity index (χ0) is 19.3. The van der Waals surface area contributed by atoms with Gasteiger partial charge in [0.1, 0.15) is 17.4 Å². The van der Waals surface area contributed by atoms with E-state index in [0.29, 0.717) is 18.5 Å². The van der Waals surface area contributed by atoms with Crippen molar-refractivity contribution in [3.05, 3.63) is 35.8 Å². The Morgan fingerprint density at radius 3 is 2.90 bits per heavy atom. The Kier molecular flexibility index (Phi) is 7.97. The van der Waals surface area contributed by atoms with Gasteiger partial charge < -0.3 is 15.1 Å². The summed E-state index contributed by atoms with van der Waals surface area (Å²) in [5.41, 5.74) is 0. The van der Waals surface area contributed by atoms with Gasteiger partial charge in [-0.15, -0.1) is 24.0 Å². The largest absolute Gasteiger partial charge is 0.469 e. The van der Waals surface area contributed by atoms with E-state index in [9.17, 15) is 0 Å². The van der Waals surface area contributed by atoms with Crippen molar-refractivity contribution in [2.75, 3.05) is 6.54 Å². The van der Waals surface area contributed by atoms with Gasteiger partial charge in [-0.1, -0.05) is 19.8 Å². The zero-order valence-corrected chi connectivity index (χ0v) is 19.8. The lowest BCUT2D eigenvalue weighted by Gasteiger charge is -2.32. The number of fused-ring (bicyclic) bond motifs is 1. The van der Waals surface area contributed by atoms with E-state index in [0.717, 1.165) is 49.2 Å². The summed E-state index contributed by atoms with van der Waals surface area (Å²) in [6, 6.07) is 4.57. The second kappa shape index (κ2) is 10.4. The Bertz CT molecular complexity index is 787. The highest BCUT2D eigenvalue weighted by molar-refractivity contribution is 14.0. The third kappa shape index (κ3) is 5.73. The number of aryl methyl sites for hydroxylation is 2. The normalized spacial score (nSPS) is 24.5. The number of guanidine groups is 1. The third-order valence-corrected chi connectivity index (χ3v) is 5.93. The summed E-state index contributed by atoms with van der Waals surface area (Å²) in [5.74, 6) is 4.41. The smallest absolute Gasteiger partial charge is 0.192 e. The van der Waals surface area contributed by atoms with Gasteiger partial charge in [-0.2, -0.15) is 5.10 Å². The van der Waals surface area contributed by atoms with Gasteiger partial charge in [0, 0.05) is 25.6 Å². The van der Waals surface area contributed by atoms with E-state index >= 15 is 0 Å². The number of rotatable bonds is 5. The summed E-state index contributed by atoms with van der Waals surface area (Å²) in [4.78, 5) is 9.54. The van der Waals surface area contributed by atoms with Crippen LogP contribution in [0.1, 0.15) is 68.9 Å². The second-order valence-electron chi connectivity index (χ2n) is 8.15. The fourth-order valence-corrected chi connectivity index (χ4v) is 4.34. The molecule has 2 aromatic rings. The minimum absolute atomic E-state index is 0. The quantitative estimate of drug-likeness (QED) is 0.360. The lowest BCUT2D eigenvalue weighted by Crippen LogP contribution is -2.49. The lowest BCUT2D eigenvalue weighted by molar-refractivity contribution is 0.304. The van der Waals surface area contributed by atoms with Crippen molar-refractivity contribution in [1.29, 1.82) is 0 Å². The van der Waals surface area contributed by atoms with Crippen molar-refractivity contribution in [2.24, 2.45) is 10.9 Å². The second-order valence-corrected chi connectivity index (χ2v) is 8.15. The minimum atomic E-state index is 0. The van der Waals surface area contributed by atoms with Crippen LogP contribution in [0.25, 0.3) is 0 Å². The number of hydrogen-bond acceptors (Lipinski definition) is 4. The number of nitrogens with zero attached hydrogens (tertiary/aromatic N) is 4. The molecule has 0 saturated heterocycles. The maximum absolute atomic E-state index is 5.45. The van der Waals surface area contributed by atoms with Crippen LogP contribution in [0.2, 0.25) is 0 Å². The van der Waals surface area contributed by atoms with Crippen molar-refractivity contribution >= 4 is 29.9 Å². The first kappa shape index (κ1) is 22.1. The molecule has 2 aliphatic rings. The predicted octanol–water partition coefficient (Wildman–Crippen LogP) is 3.99. The molecule has 1 fully saturated rings. The van der Waals surface area contributed by atoms with Gasteiger partial charge in [-0.3, -0.25) is 4.99 Å².